The number of alkyl carbamates (subject to hydrolysis) is 1. The van der Waals surface area contributed by atoms with Gasteiger partial charge in [0.2, 0.25) is 5.91 Å². The predicted molar refractivity (Wildman–Crippen MR) is 117 cm³/mol. The van der Waals surface area contributed by atoms with Gasteiger partial charge in [0.05, 0.1) is 5.41 Å². The normalized spacial score (nSPS) is 13.7. The first-order chi connectivity index (χ1) is 14.6. The number of ether oxygens (including phenoxy) is 1. The summed E-state index contributed by atoms with van der Waals surface area (Å²) in [4.78, 5) is 37.3. The van der Waals surface area contributed by atoms with E-state index in [0.29, 0.717) is 0 Å². The maximum atomic E-state index is 12.6. The van der Waals surface area contributed by atoms with E-state index in [2.05, 4.69) is 17.4 Å². The Labute approximate surface area is 182 Å². The van der Waals surface area contributed by atoms with Gasteiger partial charge in [-0.25, -0.2) is 9.59 Å². The van der Waals surface area contributed by atoms with Crippen molar-refractivity contribution in [1.29, 1.82) is 0 Å². The monoisotopic (exact) mass is 424 g/mol. The van der Waals surface area contributed by atoms with Crippen LogP contribution in [0.15, 0.2) is 48.5 Å². The minimum atomic E-state index is -1.09. The van der Waals surface area contributed by atoms with Crippen LogP contribution in [-0.2, 0) is 14.3 Å². The van der Waals surface area contributed by atoms with Gasteiger partial charge in [-0.3, -0.25) is 4.79 Å². The summed E-state index contributed by atoms with van der Waals surface area (Å²) in [7, 11) is 1.44. The van der Waals surface area contributed by atoms with Gasteiger partial charge in [-0.15, -0.1) is 0 Å². The van der Waals surface area contributed by atoms with Crippen LogP contribution < -0.4 is 5.32 Å². The Morgan fingerprint density at radius 1 is 1.06 bits per heavy atom. The van der Waals surface area contributed by atoms with Crippen LogP contribution in [0.2, 0.25) is 0 Å². The summed E-state index contributed by atoms with van der Waals surface area (Å²) in [6.45, 7) is 4.97. The molecule has 7 heteroatoms. The standard InChI is InChI=1S/C24H28N2O5/c1-15(21(27)28)26(4)22(29)24(2,3)14-25-23(30)31-13-20-18-11-7-5-9-16(18)17-10-6-8-12-19(17)20/h5-12,15,20H,13-14H2,1-4H3,(H,25,30)(H,27,28). The molecule has 0 saturated carbocycles. The van der Waals surface area contributed by atoms with Gasteiger partial charge in [0.15, 0.2) is 0 Å². The van der Waals surface area contributed by atoms with Crippen molar-refractivity contribution in [2.75, 3.05) is 20.2 Å². The molecule has 7 nitrogen and oxygen atoms in total. The van der Waals surface area contributed by atoms with Crippen LogP contribution in [-0.4, -0.2) is 54.2 Å². The van der Waals surface area contributed by atoms with Crippen LogP contribution in [0.25, 0.3) is 11.1 Å². The van der Waals surface area contributed by atoms with Crippen LogP contribution in [0, 0.1) is 5.41 Å². The topological polar surface area (TPSA) is 95.9 Å². The third kappa shape index (κ3) is 4.55. The second-order valence-corrected chi connectivity index (χ2v) is 8.49. The average molecular weight is 424 g/mol. The molecule has 1 atom stereocenters. The first kappa shape index (κ1) is 22.3. The molecular formula is C24H28N2O5. The fourth-order valence-corrected chi connectivity index (χ4v) is 3.84. The maximum Gasteiger partial charge on any atom is 0.407 e. The maximum absolute atomic E-state index is 12.6. The number of carbonyl (C=O) groups is 3. The molecule has 0 aromatic heterocycles. The van der Waals surface area contributed by atoms with Crippen molar-refractivity contribution >= 4 is 18.0 Å². The number of aliphatic carboxylic acids is 1. The summed E-state index contributed by atoms with van der Waals surface area (Å²) >= 11 is 0. The van der Waals surface area contributed by atoms with Gasteiger partial charge >= 0.3 is 12.1 Å². The van der Waals surface area contributed by atoms with Crippen LogP contribution in [0.3, 0.4) is 0 Å². The summed E-state index contributed by atoms with van der Waals surface area (Å²) in [5.74, 6) is -1.51. The Kier molecular flexibility index (Phi) is 6.34. The molecule has 0 bridgehead atoms. The Balaban J connectivity index is 1.60. The number of carbonyl (C=O) groups excluding carboxylic acids is 2. The zero-order chi connectivity index (χ0) is 22.8. The molecule has 3 rings (SSSR count). The van der Waals surface area contributed by atoms with Gasteiger partial charge in [-0.05, 0) is 43.0 Å². The molecule has 1 aliphatic rings. The van der Waals surface area contributed by atoms with E-state index < -0.39 is 23.5 Å². The molecule has 0 heterocycles. The van der Waals surface area contributed by atoms with E-state index >= 15 is 0 Å². The SMILES string of the molecule is CC(C(=O)O)N(C)C(=O)C(C)(C)CNC(=O)OCC1c2ccccc2-c2ccccc21. The third-order valence-electron chi connectivity index (χ3n) is 5.86. The molecule has 0 aliphatic heterocycles. The van der Waals surface area contributed by atoms with E-state index in [-0.39, 0.29) is 25.0 Å². The molecule has 0 spiro atoms. The number of carboxylic acids is 1. The Bertz CT molecular complexity index is 955. The molecule has 164 valence electrons. The molecule has 0 radical (unpaired) electrons. The van der Waals surface area contributed by atoms with Crippen molar-refractivity contribution < 1.29 is 24.2 Å². The Hall–Kier alpha value is -3.35. The summed E-state index contributed by atoms with van der Waals surface area (Å²) in [6, 6.07) is 15.2. The molecule has 2 aromatic carbocycles. The van der Waals surface area contributed by atoms with E-state index in [1.165, 1.54) is 18.9 Å². The number of likely N-dealkylation sites (N-methyl/N-ethyl adjacent to an activating group) is 1. The minimum absolute atomic E-state index is 0.0270. The van der Waals surface area contributed by atoms with E-state index in [4.69, 9.17) is 9.84 Å². The highest BCUT2D eigenvalue weighted by Crippen LogP contribution is 2.44. The van der Waals surface area contributed by atoms with E-state index in [0.717, 1.165) is 22.3 Å². The molecule has 1 unspecified atom stereocenters. The molecule has 31 heavy (non-hydrogen) atoms. The zero-order valence-electron chi connectivity index (χ0n) is 18.2. The second-order valence-electron chi connectivity index (χ2n) is 8.49. The number of nitrogens with one attached hydrogen (secondary N) is 1. The predicted octanol–water partition coefficient (Wildman–Crippen LogP) is 3.48. The van der Waals surface area contributed by atoms with Crippen molar-refractivity contribution in [3.8, 4) is 11.1 Å². The zero-order valence-corrected chi connectivity index (χ0v) is 18.2. The third-order valence-corrected chi connectivity index (χ3v) is 5.86. The lowest BCUT2D eigenvalue weighted by atomic mass is 9.91. The van der Waals surface area contributed by atoms with Crippen molar-refractivity contribution in [2.24, 2.45) is 5.41 Å². The van der Waals surface area contributed by atoms with Crippen LogP contribution in [0.5, 0.6) is 0 Å². The fourth-order valence-electron chi connectivity index (χ4n) is 3.84. The number of benzene rings is 2. The smallest absolute Gasteiger partial charge is 0.407 e. The van der Waals surface area contributed by atoms with E-state index in [1.807, 2.05) is 36.4 Å². The first-order valence-electron chi connectivity index (χ1n) is 10.2. The average Bonchev–Trinajstić information content (AvgIpc) is 3.08. The second kappa shape index (κ2) is 8.79. The van der Waals surface area contributed by atoms with Gasteiger partial charge in [-0.1, -0.05) is 48.5 Å². The quantitative estimate of drug-likeness (QED) is 0.709. The van der Waals surface area contributed by atoms with Crippen LogP contribution >= 0.6 is 0 Å². The van der Waals surface area contributed by atoms with Crippen LogP contribution in [0.4, 0.5) is 4.79 Å². The largest absolute Gasteiger partial charge is 0.480 e. The van der Waals surface area contributed by atoms with E-state index in [1.54, 1.807) is 13.8 Å². The Morgan fingerprint density at radius 3 is 2.10 bits per heavy atom. The van der Waals surface area contributed by atoms with E-state index in [9.17, 15) is 14.4 Å². The summed E-state index contributed by atoms with van der Waals surface area (Å²) in [6.07, 6.45) is -0.614. The van der Waals surface area contributed by atoms with Gasteiger partial charge < -0.3 is 20.1 Å². The van der Waals surface area contributed by atoms with Crippen molar-refractivity contribution in [3.05, 3.63) is 59.7 Å². The van der Waals surface area contributed by atoms with Gasteiger partial charge in [0.1, 0.15) is 12.6 Å². The molecule has 2 amide bonds. The Morgan fingerprint density at radius 2 is 1.58 bits per heavy atom. The first-order valence-corrected chi connectivity index (χ1v) is 10.2. The number of amides is 2. The summed E-state index contributed by atoms with van der Waals surface area (Å²) in [5, 5.41) is 11.8. The summed E-state index contributed by atoms with van der Waals surface area (Å²) in [5.41, 5.74) is 3.56. The molecule has 2 aromatic rings. The van der Waals surface area contributed by atoms with Crippen molar-refractivity contribution in [1.82, 2.24) is 10.2 Å². The number of carboxylic acid groups (broad SMARTS) is 1. The lowest BCUT2D eigenvalue weighted by molar-refractivity contribution is -0.152. The molecular weight excluding hydrogens is 396 g/mol. The van der Waals surface area contributed by atoms with Gasteiger partial charge in [-0.2, -0.15) is 0 Å². The molecule has 0 fully saturated rings. The van der Waals surface area contributed by atoms with Crippen molar-refractivity contribution in [2.45, 2.75) is 32.7 Å². The number of nitrogens with zero attached hydrogens (tertiary/aromatic N) is 1. The highest BCUT2D eigenvalue weighted by molar-refractivity contribution is 5.87. The lowest BCUT2D eigenvalue weighted by Gasteiger charge is -2.31. The minimum Gasteiger partial charge on any atom is -0.480 e. The summed E-state index contributed by atoms with van der Waals surface area (Å²) < 4.78 is 5.49. The number of hydrogen-bond donors (Lipinski definition) is 2. The van der Waals surface area contributed by atoms with Crippen molar-refractivity contribution in [3.63, 3.8) is 0 Å². The molecule has 1 aliphatic carbocycles. The van der Waals surface area contributed by atoms with Gasteiger partial charge in [0, 0.05) is 19.5 Å². The lowest BCUT2D eigenvalue weighted by Crippen LogP contribution is -2.50. The number of rotatable bonds is 7. The number of fused-ring (bicyclic) bond motifs is 3. The van der Waals surface area contributed by atoms with Crippen LogP contribution in [0.1, 0.15) is 37.8 Å². The molecule has 2 N–H and O–H groups in total. The fraction of sp³-hybridized carbons (Fsp3) is 0.375. The van der Waals surface area contributed by atoms with Gasteiger partial charge in [0.25, 0.3) is 0 Å². The highest BCUT2D eigenvalue weighted by Gasteiger charge is 2.35. The number of hydrogen-bond acceptors (Lipinski definition) is 4. The molecule has 0 saturated heterocycles. The highest BCUT2D eigenvalue weighted by atomic mass is 16.5.